The van der Waals surface area contributed by atoms with Gasteiger partial charge in [-0.1, -0.05) is 18.2 Å². The van der Waals surface area contributed by atoms with Crippen LogP contribution in [0.2, 0.25) is 0 Å². The summed E-state index contributed by atoms with van der Waals surface area (Å²) in [6.07, 6.45) is 0.930. The molecular weight excluding hydrogens is 202 g/mol. The van der Waals surface area contributed by atoms with E-state index in [4.69, 9.17) is 9.47 Å². The second kappa shape index (κ2) is 4.44. The smallest absolute Gasteiger partial charge is 0.122 e. The maximum absolute atomic E-state index is 5.70. The molecule has 1 N–H and O–H groups in total. The molecule has 1 fully saturated rings. The molecule has 0 bridgehead atoms. The van der Waals surface area contributed by atoms with Crippen molar-refractivity contribution in [3.63, 3.8) is 0 Å². The molecular formula is C13H19NO2. The number of nitrogens with one attached hydrogen (secondary N) is 1. The number of para-hydroxylation sites is 1. The van der Waals surface area contributed by atoms with Crippen molar-refractivity contribution in [2.45, 2.75) is 32.0 Å². The van der Waals surface area contributed by atoms with E-state index in [-0.39, 0.29) is 11.8 Å². The molecule has 1 unspecified atom stereocenters. The van der Waals surface area contributed by atoms with E-state index in [1.807, 2.05) is 18.2 Å². The lowest BCUT2D eigenvalue weighted by Crippen LogP contribution is -2.39. The zero-order valence-corrected chi connectivity index (χ0v) is 10.1. The van der Waals surface area contributed by atoms with E-state index < -0.39 is 0 Å². The fourth-order valence-electron chi connectivity index (χ4n) is 2.01. The summed E-state index contributed by atoms with van der Waals surface area (Å²) in [5.74, 6) is 0.928. The lowest BCUT2D eigenvalue weighted by Gasteiger charge is -2.17. The van der Waals surface area contributed by atoms with Crippen LogP contribution in [0.15, 0.2) is 24.3 Å². The molecule has 2 rings (SSSR count). The van der Waals surface area contributed by atoms with Crippen molar-refractivity contribution in [2.24, 2.45) is 0 Å². The topological polar surface area (TPSA) is 30.5 Å². The Morgan fingerprint density at radius 2 is 2.19 bits per heavy atom. The summed E-state index contributed by atoms with van der Waals surface area (Å²) in [5.41, 5.74) is 1.26. The first-order chi connectivity index (χ1) is 7.61. The maximum Gasteiger partial charge on any atom is 0.122 e. The molecule has 3 nitrogen and oxygen atoms in total. The molecule has 0 amide bonds. The van der Waals surface area contributed by atoms with Crippen LogP contribution in [0.25, 0.3) is 0 Å². The molecule has 1 aliphatic rings. The molecule has 1 aliphatic heterocycles. The Bertz CT molecular complexity index is 363. The lowest BCUT2D eigenvalue weighted by molar-refractivity contribution is 0.0982. The predicted molar refractivity (Wildman–Crippen MR) is 63.7 cm³/mol. The maximum atomic E-state index is 5.70. The second-order valence-corrected chi connectivity index (χ2v) is 4.84. The van der Waals surface area contributed by atoms with E-state index in [1.54, 1.807) is 7.11 Å². The molecule has 0 aromatic heterocycles. The van der Waals surface area contributed by atoms with Crippen LogP contribution < -0.4 is 10.1 Å². The van der Waals surface area contributed by atoms with E-state index in [2.05, 4.69) is 25.2 Å². The van der Waals surface area contributed by atoms with Crippen molar-refractivity contribution in [1.29, 1.82) is 0 Å². The first kappa shape index (κ1) is 11.4. The Balaban J connectivity index is 2.04. The molecule has 16 heavy (non-hydrogen) atoms. The number of rotatable bonds is 3. The summed E-state index contributed by atoms with van der Waals surface area (Å²) in [6, 6.07) is 8.07. The Morgan fingerprint density at radius 3 is 2.81 bits per heavy atom. The zero-order valence-electron chi connectivity index (χ0n) is 10.1. The number of ether oxygens (including phenoxy) is 2. The van der Waals surface area contributed by atoms with Crippen molar-refractivity contribution in [2.75, 3.05) is 13.7 Å². The van der Waals surface area contributed by atoms with E-state index >= 15 is 0 Å². The average Bonchev–Trinajstić information content (AvgIpc) is 2.59. The van der Waals surface area contributed by atoms with Crippen LogP contribution in [0.4, 0.5) is 0 Å². The molecule has 0 radical (unpaired) electrons. The predicted octanol–water partition coefficient (Wildman–Crippen LogP) is 1.96. The van der Waals surface area contributed by atoms with Gasteiger partial charge in [0, 0.05) is 12.0 Å². The van der Waals surface area contributed by atoms with Gasteiger partial charge in [-0.3, -0.25) is 5.32 Å². The van der Waals surface area contributed by atoms with Crippen molar-refractivity contribution in [1.82, 2.24) is 5.32 Å². The van der Waals surface area contributed by atoms with Crippen LogP contribution in [0.1, 0.15) is 19.4 Å². The summed E-state index contributed by atoms with van der Waals surface area (Å²) in [7, 11) is 1.70. The van der Waals surface area contributed by atoms with E-state index in [1.165, 1.54) is 5.56 Å². The third-order valence-electron chi connectivity index (χ3n) is 2.79. The molecule has 1 aromatic carbocycles. The van der Waals surface area contributed by atoms with Crippen LogP contribution in [0, 0.1) is 0 Å². The van der Waals surface area contributed by atoms with Crippen molar-refractivity contribution >= 4 is 0 Å². The summed E-state index contributed by atoms with van der Waals surface area (Å²) in [5, 5.41) is 3.45. The van der Waals surface area contributed by atoms with Crippen LogP contribution in [-0.4, -0.2) is 25.5 Å². The highest BCUT2D eigenvalue weighted by molar-refractivity contribution is 5.33. The second-order valence-electron chi connectivity index (χ2n) is 4.84. The van der Waals surface area contributed by atoms with Gasteiger partial charge in [0.2, 0.25) is 0 Å². The minimum Gasteiger partial charge on any atom is -0.496 e. The first-order valence-corrected chi connectivity index (χ1v) is 5.62. The van der Waals surface area contributed by atoms with Gasteiger partial charge in [-0.15, -0.1) is 0 Å². The summed E-state index contributed by atoms with van der Waals surface area (Å²) in [4.78, 5) is 0. The Kier molecular flexibility index (Phi) is 3.17. The van der Waals surface area contributed by atoms with Gasteiger partial charge in [0.05, 0.1) is 13.7 Å². The Hall–Kier alpha value is -1.06. The van der Waals surface area contributed by atoms with Gasteiger partial charge in [-0.05, 0) is 25.5 Å². The van der Waals surface area contributed by atoms with Crippen LogP contribution >= 0.6 is 0 Å². The molecule has 0 spiro atoms. The molecule has 3 heteroatoms. The average molecular weight is 221 g/mol. The van der Waals surface area contributed by atoms with E-state index in [9.17, 15) is 0 Å². The van der Waals surface area contributed by atoms with Crippen LogP contribution in [-0.2, 0) is 11.2 Å². The molecule has 1 saturated heterocycles. The van der Waals surface area contributed by atoms with Gasteiger partial charge < -0.3 is 9.47 Å². The summed E-state index contributed by atoms with van der Waals surface area (Å²) < 4.78 is 11.0. The van der Waals surface area contributed by atoms with Crippen molar-refractivity contribution in [3.8, 4) is 5.75 Å². The summed E-state index contributed by atoms with van der Waals surface area (Å²) in [6.45, 7) is 5.05. The van der Waals surface area contributed by atoms with Gasteiger partial charge in [0.15, 0.2) is 0 Å². The Morgan fingerprint density at radius 1 is 1.44 bits per heavy atom. The fraction of sp³-hybridized carbons (Fsp3) is 0.538. The first-order valence-electron chi connectivity index (χ1n) is 5.62. The molecule has 0 saturated carbocycles. The van der Waals surface area contributed by atoms with E-state index in [0.29, 0.717) is 0 Å². The minimum atomic E-state index is 0.0761. The number of methoxy groups -OCH3 is 1. The van der Waals surface area contributed by atoms with Gasteiger partial charge >= 0.3 is 0 Å². The SMILES string of the molecule is COc1ccccc1CC1NC(C)(C)CO1. The third kappa shape index (κ3) is 2.54. The standard InChI is InChI=1S/C13H19NO2/c1-13(2)9-16-12(14-13)8-10-6-4-5-7-11(10)15-3/h4-7,12,14H,8-9H2,1-3H3. The zero-order chi connectivity index (χ0) is 11.6. The van der Waals surface area contributed by atoms with Gasteiger partial charge in [-0.2, -0.15) is 0 Å². The third-order valence-corrected chi connectivity index (χ3v) is 2.79. The Labute approximate surface area is 96.8 Å². The highest BCUT2D eigenvalue weighted by Crippen LogP contribution is 2.22. The monoisotopic (exact) mass is 221 g/mol. The minimum absolute atomic E-state index is 0.0761. The van der Waals surface area contributed by atoms with Crippen LogP contribution in [0.3, 0.4) is 0 Å². The van der Waals surface area contributed by atoms with Gasteiger partial charge in [0.25, 0.3) is 0 Å². The van der Waals surface area contributed by atoms with Gasteiger partial charge in [0.1, 0.15) is 12.0 Å². The quantitative estimate of drug-likeness (QED) is 0.846. The summed E-state index contributed by atoms with van der Waals surface area (Å²) >= 11 is 0. The van der Waals surface area contributed by atoms with Gasteiger partial charge in [-0.25, -0.2) is 0 Å². The van der Waals surface area contributed by atoms with Crippen molar-refractivity contribution < 1.29 is 9.47 Å². The van der Waals surface area contributed by atoms with Crippen LogP contribution in [0.5, 0.6) is 5.75 Å². The number of benzene rings is 1. The fourth-order valence-corrected chi connectivity index (χ4v) is 2.01. The molecule has 1 atom stereocenters. The number of hydrogen-bond acceptors (Lipinski definition) is 3. The largest absolute Gasteiger partial charge is 0.496 e. The number of hydrogen-bond donors (Lipinski definition) is 1. The molecule has 0 aliphatic carbocycles. The normalized spacial score (nSPS) is 23.3. The van der Waals surface area contributed by atoms with E-state index in [0.717, 1.165) is 18.8 Å². The molecule has 1 heterocycles. The lowest BCUT2D eigenvalue weighted by atomic mass is 10.1. The van der Waals surface area contributed by atoms with Crippen molar-refractivity contribution in [3.05, 3.63) is 29.8 Å². The molecule has 1 aromatic rings. The highest BCUT2D eigenvalue weighted by Gasteiger charge is 2.31. The highest BCUT2D eigenvalue weighted by atomic mass is 16.5. The molecule has 88 valence electrons.